The van der Waals surface area contributed by atoms with Crippen LogP contribution in [0.25, 0.3) is 0 Å². The van der Waals surface area contributed by atoms with Crippen molar-refractivity contribution in [2.45, 2.75) is 22.0 Å². The van der Waals surface area contributed by atoms with Crippen LogP contribution in [-0.2, 0) is 4.79 Å². The van der Waals surface area contributed by atoms with Crippen molar-refractivity contribution in [1.82, 2.24) is 5.43 Å². The highest BCUT2D eigenvalue weighted by Gasteiger charge is 2.13. The third-order valence-corrected chi connectivity index (χ3v) is 5.11. The summed E-state index contributed by atoms with van der Waals surface area (Å²) < 4.78 is 0. The van der Waals surface area contributed by atoms with Gasteiger partial charge in [-0.25, -0.2) is 5.43 Å². The SMILES string of the molecule is CSc1ccc(/C=N\NC(=O)[C@@H](C)Sc2ccc(Cl)cc2)cc1. The van der Waals surface area contributed by atoms with Gasteiger partial charge in [0.15, 0.2) is 0 Å². The minimum absolute atomic E-state index is 0.137. The number of halogens is 1. The number of benzene rings is 2. The molecule has 0 aromatic heterocycles. The van der Waals surface area contributed by atoms with Crippen molar-refractivity contribution in [3.8, 4) is 0 Å². The number of rotatable bonds is 6. The monoisotopic (exact) mass is 364 g/mol. The predicted octanol–water partition coefficient (Wildman–Crippen LogP) is 4.69. The number of nitrogens with zero attached hydrogens (tertiary/aromatic N) is 1. The number of carbonyl (C=O) groups excluding carboxylic acids is 1. The first kappa shape index (κ1) is 17.9. The number of hydrogen-bond acceptors (Lipinski definition) is 4. The van der Waals surface area contributed by atoms with Gasteiger partial charge in [-0.2, -0.15) is 5.10 Å². The topological polar surface area (TPSA) is 41.5 Å². The molecule has 0 aliphatic rings. The molecule has 2 aromatic carbocycles. The van der Waals surface area contributed by atoms with Crippen LogP contribution in [0.5, 0.6) is 0 Å². The normalized spacial score (nSPS) is 12.3. The van der Waals surface area contributed by atoms with Gasteiger partial charge in [-0.1, -0.05) is 23.7 Å². The molecule has 0 heterocycles. The van der Waals surface area contributed by atoms with Crippen molar-refractivity contribution in [1.29, 1.82) is 0 Å². The first-order valence-corrected chi connectivity index (χ1v) is 9.46. The molecule has 23 heavy (non-hydrogen) atoms. The molecule has 2 aromatic rings. The molecule has 1 N–H and O–H groups in total. The summed E-state index contributed by atoms with van der Waals surface area (Å²) in [6, 6.07) is 15.4. The van der Waals surface area contributed by atoms with E-state index in [2.05, 4.69) is 10.5 Å². The maximum atomic E-state index is 12.0. The highest BCUT2D eigenvalue weighted by atomic mass is 35.5. The van der Waals surface area contributed by atoms with Crippen molar-refractivity contribution in [2.75, 3.05) is 6.26 Å². The smallest absolute Gasteiger partial charge is 0.253 e. The van der Waals surface area contributed by atoms with Crippen LogP contribution < -0.4 is 5.43 Å². The Hall–Kier alpha value is -1.43. The van der Waals surface area contributed by atoms with Gasteiger partial charge >= 0.3 is 0 Å². The van der Waals surface area contributed by atoms with Crippen molar-refractivity contribution in [3.63, 3.8) is 0 Å². The molecule has 6 heteroatoms. The number of hydrazone groups is 1. The van der Waals surface area contributed by atoms with Gasteiger partial charge in [0, 0.05) is 14.8 Å². The van der Waals surface area contributed by atoms with Gasteiger partial charge in [0.2, 0.25) is 0 Å². The summed E-state index contributed by atoms with van der Waals surface area (Å²) in [6.07, 6.45) is 3.67. The molecule has 0 unspecified atom stereocenters. The zero-order chi connectivity index (χ0) is 16.7. The molecule has 0 bridgehead atoms. The van der Waals surface area contributed by atoms with Crippen LogP contribution in [0.3, 0.4) is 0 Å². The lowest BCUT2D eigenvalue weighted by Gasteiger charge is -2.09. The van der Waals surface area contributed by atoms with Crippen LogP contribution in [0.4, 0.5) is 0 Å². The van der Waals surface area contributed by atoms with Crippen molar-refractivity contribution < 1.29 is 4.79 Å². The first-order chi connectivity index (χ1) is 11.1. The lowest BCUT2D eigenvalue weighted by Crippen LogP contribution is -2.26. The second kappa shape index (κ2) is 9.01. The molecular formula is C17H17ClN2OS2. The van der Waals surface area contributed by atoms with E-state index in [1.807, 2.05) is 61.7 Å². The molecule has 2 rings (SSSR count). The fourth-order valence-electron chi connectivity index (χ4n) is 1.72. The van der Waals surface area contributed by atoms with Gasteiger partial charge in [-0.3, -0.25) is 4.79 Å². The van der Waals surface area contributed by atoms with E-state index in [1.165, 1.54) is 16.7 Å². The Morgan fingerprint density at radius 2 is 1.74 bits per heavy atom. The molecule has 0 aliphatic carbocycles. The summed E-state index contributed by atoms with van der Waals surface area (Å²) in [4.78, 5) is 14.2. The summed E-state index contributed by atoms with van der Waals surface area (Å²) in [5, 5.41) is 4.45. The molecule has 3 nitrogen and oxygen atoms in total. The highest BCUT2D eigenvalue weighted by Crippen LogP contribution is 2.24. The summed E-state index contributed by atoms with van der Waals surface area (Å²) >= 11 is 9.00. The maximum Gasteiger partial charge on any atom is 0.253 e. The van der Waals surface area contributed by atoms with Crippen LogP contribution in [0, 0.1) is 0 Å². The van der Waals surface area contributed by atoms with Crippen LogP contribution in [0.2, 0.25) is 5.02 Å². The van der Waals surface area contributed by atoms with Gasteiger partial charge in [0.05, 0.1) is 11.5 Å². The average molecular weight is 365 g/mol. The van der Waals surface area contributed by atoms with E-state index >= 15 is 0 Å². The largest absolute Gasteiger partial charge is 0.272 e. The molecule has 0 spiro atoms. The maximum absolute atomic E-state index is 12.0. The number of thioether (sulfide) groups is 2. The van der Waals surface area contributed by atoms with Gasteiger partial charge in [0.25, 0.3) is 5.91 Å². The fraction of sp³-hybridized carbons (Fsp3) is 0.176. The Balaban J connectivity index is 1.85. The van der Waals surface area contributed by atoms with Crippen LogP contribution in [0.15, 0.2) is 63.4 Å². The third-order valence-electron chi connectivity index (χ3n) is 3.00. The predicted molar refractivity (Wildman–Crippen MR) is 101 cm³/mol. The molecular weight excluding hydrogens is 348 g/mol. The van der Waals surface area contributed by atoms with Gasteiger partial charge in [-0.15, -0.1) is 23.5 Å². The number of amides is 1. The van der Waals surface area contributed by atoms with Crippen molar-refractivity contribution in [2.24, 2.45) is 5.10 Å². The number of nitrogens with one attached hydrogen (secondary N) is 1. The molecule has 1 amide bonds. The standard InChI is InChI=1S/C17H17ClN2OS2/c1-12(23-16-9-5-14(18)6-10-16)17(21)20-19-11-13-3-7-15(22-2)8-4-13/h3-12H,1-2H3,(H,20,21)/b19-11-/t12-/m1/s1. The van der Waals surface area contributed by atoms with E-state index in [4.69, 9.17) is 11.6 Å². The van der Waals surface area contributed by atoms with E-state index in [0.717, 1.165) is 10.5 Å². The summed E-state index contributed by atoms with van der Waals surface area (Å²) in [5.74, 6) is -0.137. The lowest BCUT2D eigenvalue weighted by molar-refractivity contribution is -0.120. The van der Waals surface area contributed by atoms with Crippen LogP contribution in [-0.4, -0.2) is 23.6 Å². The first-order valence-electron chi connectivity index (χ1n) is 6.97. The molecule has 0 fully saturated rings. The molecule has 120 valence electrons. The number of carbonyl (C=O) groups is 1. The zero-order valence-corrected chi connectivity index (χ0v) is 15.2. The summed E-state index contributed by atoms with van der Waals surface area (Å²) in [5.41, 5.74) is 3.52. The van der Waals surface area contributed by atoms with E-state index in [-0.39, 0.29) is 11.2 Å². The minimum Gasteiger partial charge on any atom is -0.272 e. The van der Waals surface area contributed by atoms with E-state index in [0.29, 0.717) is 5.02 Å². The number of hydrogen-bond donors (Lipinski definition) is 1. The Morgan fingerprint density at radius 3 is 2.35 bits per heavy atom. The van der Waals surface area contributed by atoms with Crippen molar-refractivity contribution in [3.05, 3.63) is 59.1 Å². The molecule has 0 aliphatic heterocycles. The van der Waals surface area contributed by atoms with Crippen molar-refractivity contribution >= 4 is 47.2 Å². The second-order valence-electron chi connectivity index (χ2n) is 4.72. The Kier molecular flexibility index (Phi) is 7.02. The van der Waals surface area contributed by atoms with Gasteiger partial charge < -0.3 is 0 Å². The Bertz CT molecular complexity index is 672. The highest BCUT2D eigenvalue weighted by molar-refractivity contribution is 8.00. The fourth-order valence-corrected chi connectivity index (χ4v) is 3.12. The second-order valence-corrected chi connectivity index (χ2v) is 7.45. The zero-order valence-electron chi connectivity index (χ0n) is 12.8. The Morgan fingerprint density at radius 1 is 1.13 bits per heavy atom. The quantitative estimate of drug-likeness (QED) is 0.459. The summed E-state index contributed by atoms with van der Waals surface area (Å²) in [6.45, 7) is 1.84. The third kappa shape index (κ3) is 5.94. The Labute approximate surface area is 149 Å². The van der Waals surface area contributed by atoms with E-state index in [1.54, 1.807) is 18.0 Å². The van der Waals surface area contributed by atoms with Gasteiger partial charge in [0.1, 0.15) is 0 Å². The van der Waals surface area contributed by atoms with Gasteiger partial charge in [-0.05, 0) is 55.1 Å². The van der Waals surface area contributed by atoms with Crippen LogP contribution >= 0.6 is 35.1 Å². The summed E-state index contributed by atoms with van der Waals surface area (Å²) in [7, 11) is 0. The lowest BCUT2D eigenvalue weighted by atomic mass is 10.2. The van der Waals surface area contributed by atoms with Crippen LogP contribution in [0.1, 0.15) is 12.5 Å². The average Bonchev–Trinajstić information content (AvgIpc) is 2.57. The van der Waals surface area contributed by atoms with E-state index < -0.39 is 0 Å². The molecule has 0 saturated carbocycles. The molecule has 1 atom stereocenters. The molecule has 0 saturated heterocycles. The van der Waals surface area contributed by atoms with E-state index in [9.17, 15) is 4.79 Å². The minimum atomic E-state index is -0.243. The molecule has 0 radical (unpaired) electrons.